The van der Waals surface area contributed by atoms with Crippen LogP contribution in [0.3, 0.4) is 0 Å². The first kappa shape index (κ1) is 13.5. The molecule has 0 aliphatic rings. The third-order valence-corrected chi connectivity index (χ3v) is 3.10. The summed E-state index contributed by atoms with van der Waals surface area (Å²) >= 11 is 6.14. The number of halogens is 1. The molecule has 1 aromatic rings. The average molecular weight is 244 g/mol. The zero-order chi connectivity index (χ0) is 12.3. The Balaban J connectivity index is 2.43. The number of aromatic nitrogens is 2. The van der Waals surface area contributed by atoms with Crippen LogP contribution in [0.4, 0.5) is 0 Å². The van der Waals surface area contributed by atoms with Gasteiger partial charge in [-0.15, -0.1) is 0 Å². The van der Waals surface area contributed by atoms with Gasteiger partial charge in [0.15, 0.2) is 0 Å². The van der Waals surface area contributed by atoms with Crippen molar-refractivity contribution in [1.82, 2.24) is 15.1 Å². The first-order chi connectivity index (χ1) is 7.31. The summed E-state index contributed by atoms with van der Waals surface area (Å²) in [4.78, 5) is 0. The van der Waals surface area contributed by atoms with Crippen molar-refractivity contribution in [2.45, 2.75) is 40.7 Å². The third kappa shape index (κ3) is 3.80. The van der Waals surface area contributed by atoms with Crippen LogP contribution in [0.1, 0.15) is 38.4 Å². The van der Waals surface area contributed by atoms with E-state index in [9.17, 15) is 0 Å². The highest BCUT2D eigenvalue weighted by Crippen LogP contribution is 2.19. The standard InChI is InChI=1S/C12H22ClN3/c1-9-10(11(13)16(5)15-9)8-14-7-6-12(2,3)4/h14H,6-8H2,1-5H3. The van der Waals surface area contributed by atoms with Gasteiger partial charge in [0, 0.05) is 19.2 Å². The maximum Gasteiger partial charge on any atom is 0.131 e. The fourth-order valence-electron chi connectivity index (χ4n) is 1.55. The summed E-state index contributed by atoms with van der Waals surface area (Å²) < 4.78 is 1.72. The molecule has 16 heavy (non-hydrogen) atoms. The summed E-state index contributed by atoms with van der Waals surface area (Å²) in [6.07, 6.45) is 1.16. The molecule has 92 valence electrons. The molecule has 0 saturated carbocycles. The van der Waals surface area contributed by atoms with Gasteiger partial charge < -0.3 is 5.32 Å². The van der Waals surface area contributed by atoms with Crippen molar-refractivity contribution < 1.29 is 0 Å². The van der Waals surface area contributed by atoms with Crippen molar-refractivity contribution in [3.63, 3.8) is 0 Å². The van der Waals surface area contributed by atoms with E-state index in [-0.39, 0.29) is 0 Å². The number of aryl methyl sites for hydroxylation is 2. The fourth-order valence-corrected chi connectivity index (χ4v) is 1.79. The lowest BCUT2D eigenvalue weighted by atomic mass is 9.92. The molecule has 0 fully saturated rings. The van der Waals surface area contributed by atoms with Crippen molar-refractivity contribution in [1.29, 1.82) is 0 Å². The molecule has 0 aliphatic carbocycles. The normalized spacial score (nSPS) is 12.1. The SMILES string of the molecule is Cc1nn(C)c(Cl)c1CNCCC(C)(C)C. The molecule has 1 rings (SSSR count). The largest absolute Gasteiger partial charge is 0.312 e. The summed E-state index contributed by atoms with van der Waals surface area (Å²) in [7, 11) is 1.87. The monoisotopic (exact) mass is 243 g/mol. The van der Waals surface area contributed by atoms with Crippen LogP contribution in [0.2, 0.25) is 5.15 Å². The Bertz CT molecular complexity index is 350. The molecule has 0 amide bonds. The Morgan fingerprint density at radius 2 is 2.00 bits per heavy atom. The van der Waals surface area contributed by atoms with E-state index in [4.69, 9.17) is 11.6 Å². The zero-order valence-corrected chi connectivity index (χ0v) is 11.6. The zero-order valence-electron chi connectivity index (χ0n) is 10.9. The van der Waals surface area contributed by atoms with Crippen LogP contribution in [-0.4, -0.2) is 16.3 Å². The molecule has 0 radical (unpaired) electrons. The van der Waals surface area contributed by atoms with Gasteiger partial charge in [-0.25, -0.2) is 0 Å². The van der Waals surface area contributed by atoms with Crippen molar-refractivity contribution in [2.75, 3.05) is 6.54 Å². The van der Waals surface area contributed by atoms with Crippen LogP contribution < -0.4 is 5.32 Å². The molecule has 0 atom stereocenters. The minimum Gasteiger partial charge on any atom is -0.312 e. The van der Waals surface area contributed by atoms with Gasteiger partial charge in [-0.2, -0.15) is 5.10 Å². The Labute approximate surface area is 103 Å². The highest BCUT2D eigenvalue weighted by Gasteiger charge is 2.12. The molecular formula is C12H22ClN3. The van der Waals surface area contributed by atoms with Gasteiger partial charge in [-0.05, 0) is 25.3 Å². The molecule has 3 nitrogen and oxygen atoms in total. The van der Waals surface area contributed by atoms with Crippen LogP contribution in [0, 0.1) is 12.3 Å². The predicted molar refractivity (Wildman–Crippen MR) is 68.7 cm³/mol. The molecule has 0 aliphatic heterocycles. The number of nitrogens with one attached hydrogen (secondary N) is 1. The van der Waals surface area contributed by atoms with E-state index in [0.717, 1.165) is 35.9 Å². The minimum absolute atomic E-state index is 0.376. The van der Waals surface area contributed by atoms with Gasteiger partial charge in [0.1, 0.15) is 5.15 Å². The van der Waals surface area contributed by atoms with Crippen LogP contribution in [0.25, 0.3) is 0 Å². The molecule has 0 aromatic carbocycles. The van der Waals surface area contributed by atoms with E-state index in [1.165, 1.54) is 0 Å². The number of nitrogens with zero attached hydrogens (tertiary/aromatic N) is 2. The molecule has 0 unspecified atom stereocenters. The van der Waals surface area contributed by atoms with Crippen molar-refractivity contribution in [2.24, 2.45) is 12.5 Å². The van der Waals surface area contributed by atoms with Crippen LogP contribution in [0.15, 0.2) is 0 Å². The lowest BCUT2D eigenvalue weighted by molar-refractivity contribution is 0.366. The van der Waals surface area contributed by atoms with Crippen molar-refractivity contribution in [3.05, 3.63) is 16.4 Å². The van der Waals surface area contributed by atoms with E-state index < -0.39 is 0 Å². The number of rotatable bonds is 4. The van der Waals surface area contributed by atoms with Gasteiger partial charge in [-0.1, -0.05) is 32.4 Å². The molecular weight excluding hydrogens is 222 g/mol. The Kier molecular flexibility index (Phi) is 4.39. The van der Waals surface area contributed by atoms with Crippen molar-refractivity contribution in [3.8, 4) is 0 Å². The lowest BCUT2D eigenvalue weighted by Crippen LogP contribution is -2.20. The molecule has 4 heteroatoms. The van der Waals surface area contributed by atoms with E-state index in [1.807, 2.05) is 14.0 Å². The molecule has 0 bridgehead atoms. The van der Waals surface area contributed by atoms with Crippen LogP contribution in [0.5, 0.6) is 0 Å². The molecule has 1 N–H and O–H groups in total. The average Bonchev–Trinajstić information content (AvgIpc) is 2.36. The fraction of sp³-hybridized carbons (Fsp3) is 0.750. The van der Waals surface area contributed by atoms with E-state index in [2.05, 4.69) is 31.2 Å². The Morgan fingerprint density at radius 3 is 2.44 bits per heavy atom. The molecule has 0 saturated heterocycles. The minimum atomic E-state index is 0.376. The summed E-state index contributed by atoms with van der Waals surface area (Å²) in [6, 6.07) is 0. The lowest BCUT2D eigenvalue weighted by Gasteiger charge is -2.18. The second-order valence-electron chi connectivity index (χ2n) is 5.47. The second kappa shape index (κ2) is 5.19. The van der Waals surface area contributed by atoms with Gasteiger partial charge >= 0.3 is 0 Å². The smallest absolute Gasteiger partial charge is 0.131 e. The first-order valence-electron chi connectivity index (χ1n) is 5.70. The van der Waals surface area contributed by atoms with E-state index in [0.29, 0.717) is 5.41 Å². The molecule has 0 spiro atoms. The Morgan fingerprint density at radius 1 is 1.38 bits per heavy atom. The summed E-state index contributed by atoms with van der Waals surface area (Å²) in [5.41, 5.74) is 2.50. The molecule has 1 aromatic heterocycles. The summed E-state index contributed by atoms with van der Waals surface area (Å²) in [6.45, 7) is 10.5. The summed E-state index contributed by atoms with van der Waals surface area (Å²) in [5, 5.41) is 8.44. The predicted octanol–water partition coefficient (Wildman–Crippen LogP) is 2.91. The van der Waals surface area contributed by atoms with Gasteiger partial charge in [0.2, 0.25) is 0 Å². The highest BCUT2D eigenvalue weighted by molar-refractivity contribution is 6.30. The van der Waals surface area contributed by atoms with E-state index in [1.54, 1.807) is 4.68 Å². The number of hydrogen-bond acceptors (Lipinski definition) is 2. The molecule has 1 heterocycles. The van der Waals surface area contributed by atoms with Crippen LogP contribution in [-0.2, 0) is 13.6 Å². The van der Waals surface area contributed by atoms with Gasteiger partial charge in [-0.3, -0.25) is 4.68 Å². The number of hydrogen-bond donors (Lipinski definition) is 1. The van der Waals surface area contributed by atoms with Crippen LogP contribution >= 0.6 is 11.6 Å². The maximum atomic E-state index is 6.14. The topological polar surface area (TPSA) is 29.9 Å². The second-order valence-corrected chi connectivity index (χ2v) is 5.82. The summed E-state index contributed by atoms with van der Waals surface area (Å²) in [5.74, 6) is 0. The van der Waals surface area contributed by atoms with E-state index >= 15 is 0 Å². The maximum absolute atomic E-state index is 6.14. The highest BCUT2D eigenvalue weighted by atomic mass is 35.5. The third-order valence-electron chi connectivity index (χ3n) is 2.62. The van der Waals surface area contributed by atoms with Gasteiger partial charge in [0.25, 0.3) is 0 Å². The quantitative estimate of drug-likeness (QED) is 0.825. The first-order valence-corrected chi connectivity index (χ1v) is 6.08. The van der Waals surface area contributed by atoms with Crippen molar-refractivity contribution >= 4 is 11.6 Å². The van der Waals surface area contributed by atoms with Gasteiger partial charge in [0.05, 0.1) is 5.69 Å². The Hall–Kier alpha value is -0.540.